The van der Waals surface area contributed by atoms with Crippen LogP contribution >= 0.6 is 0 Å². The molecule has 7 nitrogen and oxygen atoms in total. The maximum absolute atomic E-state index is 12.9. The van der Waals surface area contributed by atoms with Gasteiger partial charge in [0.15, 0.2) is 0 Å². The lowest BCUT2D eigenvalue weighted by Crippen LogP contribution is -2.13. The molecule has 0 unspecified atom stereocenters. The topological polar surface area (TPSA) is 96.3 Å². The van der Waals surface area contributed by atoms with Crippen LogP contribution in [0.4, 0.5) is 17.1 Å². The van der Waals surface area contributed by atoms with Crippen molar-refractivity contribution in [2.75, 3.05) is 17.2 Å². The third-order valence-electron chi connectivity index (χ3n) is 5.25. The van der Waals surface area contributed by atoms with Gasteiger partial charge < -0.3 is 16.0 Å². The molecule has 0 saturated heterocycles. The lowest BCUT2D eigenvalue weighted by molar-refractivity contribution is -0.384. The molecule has 1 heterocycles. The number of anilines is 2. The Labute approximate surface area is 186 Å². The van der Waals surface area contributed by atoms with Crippen LogP contribution in [0.5, 0.6) is 0 Å². The zero-order valence-corrected chi connectivity index (χ0v) is 17.7. The molecular formula is C25H24N4O3. The van der Waals surface area contributed by atoms with Crippen molar-refractivity contribution in [3.8, 4) is 0 Å². The highest BCUT2D eigenvalue weighted by Gasteiger charge is 2.30. The molecule has 1 amide bonds. The molecule has 3 aromatic carbocycles. The number of hydrogen-bond donors (Lipinski definition) is 3. The maximum Gasteiger partial charge on any atom is 0.270 e. The van der Waals surface area contributed by atoms with Gasteiger partial charge in [-0.05, 0) is 42.3 Å². The van der Waals surface area contributed by atoms with Crippen LogP contribution in [-0.4, -0.2) is 17.4 Å². The predicted molar refractivity (Wildman–Crippen MR) is 127 cm³/mol. The molecule has 7 heteroatoms. The van der Waals surface area contributed by atoms with E-state index in [9.17, 15) is 14.9 Å². The molecule has 0 aromatic heterocycles. The van der Waals surface area contributed by atoms with Gasteiger partial charge in [-0.2, -0.15) is 0 Å². The summed E-state index contributed by atoms with van der Waals surface area (Å²) in [7, 11) is 0. The molecule has 1 aliphatic rings. The van der Waals surface area contributed by atoms with Crippen LogP contribution in [0.25, 0.3) is 11.3 Å². The fourth-order valence-electron chi connectivity index (χ4n) is 3.66. The minimum atomic E-state index is -0.457. The molecule has 3 N–H and O–H groups in total. The minimum absolute atomic E-state index is 0.0610. The molecule has 0 aliphatic carbocycles. The normalized spacial score (nSPS) is 14.0. The van der Waals surface area contributed by atoms with E-state index in [-0.39, 0.29) is 11.6 Å². The first kappa shape index (κ1) is 21.3. The van der Waals surface area contributed by atoms with Crippen LogP contribution in [0.3, 0.4) is 0 Å². The summed E-state index contributed by atoms with van der Waals surface area (Å²) in [5.41, 5.74) is 4.78. The number of benzene rings is 3. The SMILES string of the molecule is CCCNCc1ccc(NC(=C2C(=O)Nc3ccc([N+](=O)[O-])cc32)c2ccccc2)cc1. The number of nitrogens with one attached hydrogen (secondary N) is 3. The van der Waals surface area contributed by atoms with E-state index in [0.717, 1.165) is 36.3 Å². The van der Waals surface area contributed by atoms with E-state index in [1.807, 2.05) is 54.6 Å². The summed E-state index contributed by atoms with van der Waals surface area (Å²) in [6, 6.07) is 21.9. The fourth-order valence-corrected chi connectivity index (χ4v) is 3.66. The zero-order valence-electron chi connectivity index (χ0n) is 17.7. The Morgan fingerprint density at radius 2 is 1.78 bits per heavy atom. The predicted octanol–water partition coefficient (Wildman–Crippen LogP) is 5.03. The number of non-ortho nitro benzene ring substituents is 1. The van der Waals surface area contributed by atoms with Crippen molar-refractivity contribution in [3.63, 3.8) is 0 Å². The maximum atomic E-state index is 12.9. The van der Waals surface area contributed by atoms with Gasteiger partial charge in [0, 0.05) is 35.6 Å². The average molecular weight is 428 g/mol. The van der Waals surface area contributed by atoms with Gasteiger partial charge in [-0.25, -0.2) is 0 Å². The van der Waals surface area contributed by atoms with Crippen LogP contribution in [0.15, 0.2) is 72.8 Å². The van der Waals surface area contributed by atoms with Crippen LogP contribution in [0.1, 0.15) is 30.0 Å². The second-order valence-corrected chi connectivity index (χ2v) is 7.56. The number of carbonyl (C=O) groups is 1. The molecule has 0 fully saturated rings. The summed E-state index contributed by atoms with van der Waals surface area (Å²) in [5.74, 6) is -0.299. The second-order valence-electron chi connectivity index (χ2n) is 7.56. The number of nitrogens with zero attached hydrogens (tertiary/aromatic N) is 1. The third-order valence-corrected chi connectivity index (χ3v) is 5.25. The molecule has 0 spiro atoms. The van der Waals surface area contributed by atoms with Gasteiger partial charge >= 0.3 is 0 Å². The van der Waals surface area contributed by atoms with Gasteiger partial charge in [-0.1, -0.05) is 49.4 Å². The van der Waals surface area contributed by atoms with Gasteiger partial charge in [-0.3, -0.25) is 14.9 Å². The highest BCUT2D eigenvalue weighted by atomic mass is 16.6. The van der Waals surface area contributed by atoms with Gasteiger partial charge in [-0.15, -0.1) is 0 Å². The largest absolute Gasteiger partial charge is 0.354 e. The van der Waals surface area contributed by atoms with Crippen molar-refractivity contribution < 1.29 is 9.72 Å². The molecular weight excluding hydrogens is 404 g/mol. The third kappa shape index (κ3) is 4.53. The van der Waals surface area contributed by atoms with Crippen LogP contribution in [0.2, 0.25) is 0 Å². The van der Waals surface area contributed by atoms with Gasteiger partial charge in [0.2, 0.25) is 0 Å². The molecule has 1 aliphatic heterocycles. The molecule has 0 radical (unpaired) electrons. The zero-order chi connectivity index (χ0) is 22.5. The Balaban J connectivity index is 1.75. The van der Waals surface area contributed by atoms with Crippen molar-refractivity contribution in [2.24, 2.45) is 0 Å². The summed E-state index contributed by atoms with van der Waals surface area (Å²) in [6.07, 6.45) is 1.08. The standard InChI is InChI=1S/C25H24N4O3/c1-2-14-26-16-17-8-10-19(11-9-17)27-24(18-6-4-3-5-7-18)23-21-15-20(29(31)32)12-13-22(21)28-25(23)30/h3-13,15,26-27H,2,14,16H2,1H3,(H,28,30). The van der Waals surface area contributed by atoms with E-state index < -0.39 is 4.92 Å². The van der Waals surface area contributed by atoms with E-state index in [1.54, 1.807) is 6.07 Å². The lowest BCUT2D eigenvalue weighted by atomic mass is 9.99. The van der Waals surface area contributed by atoms with Crippen molar-refractivity contribution in [1.29, 1.82) is 0 Å². The molecule has 3 aromatic rings. The average Bonchev–Trinajstić information content (AvgIpc) is 3.14. The highest BCUT2D eigenvalue weighted by Crippen LogP contribution is 2.39. The smallest absolute Gasteiger partial charge is 0.270 e. The van der Waals surface area contributed by atoms with Crippen molar-refractivity contribution in [1.82, 2.24) is 5.32 Å². The van der Waals surface area contributed by atoms with Crippen molar-refractivity contribution >= 4 is 34.2 Å². The summed E-state index contributed by atoms with van der Waals surface area (Å²) in [4.78, 5) is 23.8. The fraction of sp³-hybridized carbons (Fsp3) is 0.160. The van der Waals surface area contributed by atoms with Gasteiger partial charge in [0.25, 0.3) is 11.6 Å². The number of nitro benzene ring substituents is 1. The number of carbonyl (C=O) groups excluding carboxylic acids is 1. The Bertz CT molecular complexity index is 1170. The van der Waals surface area contributed by atoms with E-state index in [0.29, 0.717) is 22.5 Å². The first-order valence-electron chi connectivity index (χ1n) is 10.5. The van der Waals surface area contributed by atoms with E-state index in [4.69, 9.17) is 0 Å². The van der Waals surface area contributed by atoms with Gasteiger partial charge in [0.05, 0.1) is 16.2 Å². The van der Waals surface area contributed by atoms with Crippen molar-refractivity contribution in [3.05, 3.63) is 99.6 Å². The second kappa shape index (κ2) is 9.45. The van der Waals surface area contributed by atoms with E-state index in [2.05, 4.69) is 22.9 Å². The first-order valence-corrected chi connectivity index (χ1v) is 10.5. The molecule has 0 bridgehead atoms. The molecule has 162 valence electrons. The number of rotatable bonds is 8. The molecule has 4 rings (SSSR count). The van der Waals surface area contributed by atoms with Crippen LogP contribution < -0.4 is 16.0 Å². The van der Waals surface area contributed by atoms with Gasteiger partial charge in [0.1, 0.15) is 0 Å². The minimum Gasteiger partial charge on any atom is -0.354 e. The lowest BCUT2D eigenvalue weighted by Gasteiger charge is -2.15. The Morgan fingerprint density at radius 3 is 2.47 bits per heavy atom. The van der Waals surface area contributed by atoms with E-state index in [1.165, 1.54) is 12.1 Å². The quantitative estimate of drug-likeness (QED) is 0.202. The molecule has 32 heavy (non-hydrogen) atoms. The number of nitro groups is 1. The summed E-state index contributed by atoms with van der Waals surface area (Å²) in [6.45, 7) is 3.88. The Kier molecular flexibility index (Phi) is 6.28. The number of amides is 1. The molecule has 0 saturated carbocycles. The first-order chi connectivity index (χ1) is 15.6. The summed E-state index contributed by atoms with van der Waals surface area (Å²) in [5, 5.41) is 20.9. The van der Waals surface area contributed by atoms with E-state index >= 15 is 0 Å². The number of hydrogen-bond acceptors (Lipinski definition) is 5. The molecule has 0 atom stereocenters. The highest BCUT2D eigenvalue weighted by molar-refractivity contribution is 6.37. The van der Waals surface area contributed by atoms with Crippen LogP contribution in [-0.2, 0) is 11.3 Å². The van der Waals surface area contributed by atoms with Crippen molar-refractivity contribution in [2.45, 2.75) is 19.9 Å². The summed E-state index contributed by atoms with van der Waals surface area (Å²) < 4.78 is 0. The van der Waals surface area contributed by atoms with Crippen LogP contribution in [0, 0.1) is 10.1 Å². The Morgan fingerprint density at radius 1 is 1.03 bits per heavy atom. The monoisotopic (exact) mass is 428 g/mol. The Hall–Kier alpha value is -3.97. The summed E-state index contributed by atoms with van der Waals surface area (Å²) >= 11 is 0. The number of fused-ring (bicyclic) bond motifs is 1.